The molecule has 0 fully saturated rings. The van der Waals surface area contributed by atoms with Gasteiger partial charge in [0.25, 0.3) is 0 Å². The fourth-order valence-electron chi connectivity index (χ4n) is 1.40. The molecule has 21 heteroatoms. The highest BCUT2D eigenvalue weighted by Crippen LogP contribution is 2.29. The van der Waals surface area contributed by atoms with Crippen molar-refractivity contribution in [3.8, 4) is 0 Å². The molecule has 3 heterocycles. The molecule has 0 aliphatic carbocycles. The van der Waals surface area contributed by atoms with Crippen molar-refractivity contribution in [2.24, 2.45) is 10.2 Å². The van der Waals surface area contributed by atoms with Crippen molar-refractivity contribution in [1.82, 2.24) is 30.9 Å². The Kier molecular flexibility index (Phi) is 4.06. The first-order valence-corrected chi connectivity index (χ1v) is 6.02. The first-order valence-electron chi connectivity index (χ1n) is 6.02. The van der Waals surface area contributed by atoms with Gasteiger partial charge in [0, 0.05) is 10.3 Å². The van der Waals surface area contributed by atoms with E-state index in [0.717, 1.165) is 0 Å². The van der Waals surface area contributed by atoms with Crippen LogP contribution in [0.3, 0.4) is 0 Å². The van der Waals surface area contributed by atoms with Crippen LogP contribution in [0.4, 0.5) is 34.9 Å². The molecule has 0 saturated carbocycles. The Balaban J connectivity index is 1.97. The molecule has 3 aromatic rings. The Morgan fingerprint density at radius 2 is 1.00 bits per heavy atom. The minimum absolute atomic E-state index is 0.398. The Labute approximate surface area is 141 Å². The van der Waals surface area contributed by atoms with Gasteiger partial charge < -0.3 is 30.6 Å². The van der Waals surface area contributed by atoms with Gasteiger partial charge >= 0.3 is 34.9 Å². The van der Waals surface area contributed by atoms with Crippen molar-refractivity contribution in [1.29, 1.82) is 0 Å². The monoisotopic (exact) mass is 384 g/mol. The van der Waals surface area contributed by atoms with Gasteiger partial charge in [0.1, 0.15) is 0 Å². The summed E-state index contributed by atoms with van der Waals surface area (Å²) in [5.74, 6) is -5.55. The maximum Gasteiger partial charge on any atom is 0.515 e. The lowest BCUT2D eigenvalue weighted by Gasteiger charge is -1.99. The summed E-state index contributed by atoms with van der Waals surface area (Å²) in [7, 11) is 0. The standard InChI is InChI=1S/C6N12O9/c19-15(8-2-4(17(21)22)12-26-10-2)3-1(9-25-11-3)7-16(20)5-6(18(23)24)14-27-13-5. The average molecular weight is 384 g/mol. The lowest BCUT2D eigenvalue weighted by Crippen LogP contribution is -1.98. The summed E-state index contributed by atoms with van der Waals surface area (Å²) in [4.78, 5) is 18.4. The van der Waals surface area contributed by atoms with Gasteiger partial charge in [0.15, 0.2) is 10.3 Å². The number of hydrogen-bond donors (Lipinski definition) is 0. The van der Waals surface area contributed by atoms with Crippen LogP contribution < -0.4 is 0 Å². The fourth-order valence-corrected chi connectivity index (χ4v) is 1.40. The van der Waals surface area contributed by atoms with Gasteiger partial charge in [0.2, 0.25) is 10.3 Å². The molecule has 0 N–H and O–H groups in total. The molecule has 0 atom stereocenters. The number of nitro groups is 2. The lowest BCUT2D eigenvalue weighted by atomic mass is 10.6. The summed E-state index contributed by atoms with van der Waals surface area (Å²) in [5, 5.41) is 69.4. The first-order chi connectivity index (χ1) is 12.9. The molecule has 0 aliphatic heterocycles. The molecule has 138 valence electrons. The number of nitrogens with zero attached hydrogens (tertiary/aromatic N) is 12. The van der Waals surface area contributed by atoms with Crippen LogP contribution in [0.25, 0.3) is 0 Å². The van der Waals surface area contributed by atoms with Crippen LogP contribution in [0.1, 0.15) is 0 Å². The Hall–Kier alpha value is -4.98. The number of azo groups is 2. The second kappa shape index (κ2) is 6.49. The van der Waals surface area contributed by atoms with E-state index in [9.17, 15) is 30.6 Å². The predicted octanol–water partition coefficient (Wildman–Crippen LogP) is 0.503. The van der Waals surface area contributed by atoms with Crippen molar-refractivity contribution in [2.45, 2.75) is 0 Å². The van der Waals surface area contributed by atoms with Crippen LogP contribution in [0, 0.1) is 30.6 Å². The maximum absolute atomic E-state index is 11.9. The molecule has 21 nitrogen and oxygen atoms in total. The minimum atomic E-state index is -1.08. The first kappa shape index (κ1) is 16.9. The Morgan fingerprint density at radius 1 is 0.593 bits per heavy atom. The van der Waals surface area contributed by atoms with Crippen molar-refractivity contribution in [3.05, 3.63) is 30.6 Å². The SMILES string of the molecule is O=[N+]([O-])c1nonc1N=[N+]([O-])c1nonc1N=[N+]([O-])c1nonc1[N+](=O)[O-]. The van der Waals surface area contributed by atoms with E-state index < -0.39 is 54.5 Å². The zero-order valence-corrected chi connectivity index (χ0v) is 12.0. The summed E-state index contributed by atoms with van der Waals surface area (Å²) >= 11 is 0. The highest BCUT2D eigenvalue weighted by molar-refractivity contribution is 5.44. The number of aromatic nitrogens is 6. The van der Waals surface area contributed by atoms with E-state index in [1.165, 1.54) is 0 Å². The van der Waals surface area contributed by atoms with E-state index in [4.69, 9.17) is 0 Å². The van der Waals surface area contributed by atoms with Crippen LogP contribution in [-0.2, 0) is 0 Å². The minimum Gasteiger partial charge on any atom is -0.690 e. The van der Waals surface area contributed by atoms with Crippen LogP contribution in [-0.4, -0.2) is 50.5 Å². The largest absolute Gasteiger partial charge is 0.690 e. The maximum atomic E-state index is 11.9. The lowest BCUT2D eigenvalue weighted by molar-refractivity contribution is -0.462. The summed E-state index contributed by atoms with van der Waals surface area (Å²) in [6.45, 7) is 0. The zero-order chi connectivity index (χ0) is 19.6. The highest BCUT2D eigenvalue weighted by atomic mass is 16.7. The van der Waals surface area contributed by atoms with E-state index in [-0.39, 0.29) is 0 Å². The van der Waals surface area contributed by atoms with Crippen molar-refractivity contribution in [3.63, 3.8) is 0 Å². The predicted molar refractivity (Wildman–Crippen MR) is 67.0 cm³/mol. The van der Waals surface area contributed by atoms with Gasteiger partial charge in [-0.15, -0.1) is 19.0 Å². The van der Waals surface area contributed by atoms with Gasteiger partial charge in [0.05, 0.1) is 0 Å². The highest BCUT2D eigenvalue weighted by Gasteiger charge is 2.34. The molecule has 0 amide bonds. The van der Waals surface area contributed by atoms with E-state index in [1.54, 1.807) is 0 Å². The molecule has 0 radical (unpaired) electrons. The van der Waals surface area contributed by atoms with Crippen molar-refractivity contribution in [2.75, 3.05) is 0 Å². The molecular formula is C6N12O9. The third-order valence-corrected chi connectivity index (χ3v) is 2.44. The number of hydrogen-bond acceptors (Lipinski definition) is 17. The molecule has 3 aromatic heterocycles. The van der Waals surface area contributed by atoms with E-state index in [0.29, 0.717) is 0 Å². The van der Waals surface area contributed by atoms with E-state index in [2.05, 4.69) is 55.1 Å². The van der Waals surface area contributed by atoms with E-state index >= 15 is 0 Å². The van der Waals surface area contributed by atoms with E-state index in [1.807, 2.05) is 0 Å². The molecule has 0 bridgehead atoms. The topological polar surface area (TPSA) is 280 Å². The van der Waals surface area contributed by atoms with Gasteiger partial charge in [-0.1, -0.05) is 0 Å². The van der Waals surface area contributed by atoms with Gasteiger partial charge in [-0.25, -0.2) is 0 Å². The van der Waals surface area contributed by atoms with Crippen molar-refractivity contribution < 1.29 is 33.5 Å². The summed E-state index contributed by atoms with van der Waals surface area (Å²) in [6.07, 6.45) is 0. The average Bonchev–Trinajstić information content (AvgIpc) is 3.34. The third-order valence-electron chi connectivity index (χ3n) is 2.44. The second-order valence-corrected chi connectivity index (χ2v) is 3.99. The molecule has 3 rings (SSSR count). The number of rotatable bonds is 6. The summed E-state index contributed by atoms with van der Waals surface area (Å²) in [5.41, 5.74) is 0. The van der Waals surface area contributed by atoms with Crippen LogP contribution in [0.2, 0.25) is 0 Å². The molecule has 27 heavy (non-hydrogen) atoms. The molecule has 0 spiro atoms. The molecule has 0 unspecified atom stereocenters. The van der Waals surface area contributed by atoms with Gasteiger partial charge in [-0.05, 0) is 24.7 Å². The molecule has 0 aromatic carbocycles. The third kappa shape index (κ3) is 3.16. The normalized spacial score (nSPS) is 12.3. The fraction of sp³-hybridized carbons (Fsp3) is 0. The van der Waals surface area contributed by atoms with Crippen molar-refractivity contribution >= 4 is 34.9 Å². The van der Waals surface area contributed by atoms with Crippen LogP contribution in [0.5, 0.6) is 0 Å². The smallest absolute Gasteiger partial charge is 0.515 e. The molecule has 0 aliphatic rings. The second-order valence-electron chi connectivity index (χ2n) is 3.99. The van der Waals surface area contributed by atoms with Gasteiger partial charge in [-0.3, -0.25) is 0 Å². The molecule has 0 saturated heterocycles. The Bertz CT molecular complexity index is 1070. The summed E-state index contributed by atoms with van der Waals surface area (Å²) in [6, 6.07) is 0. The van der Waals surface area contributed by atoms with Crippen LogP contribution >= 0.6 is 0 Å². The molecular weight excluding hydrogens is 384 g/mol. The zero-order valence-electron chi connectivity index (χ0n) is 12.0. The summed E-state index contributed by atoms with van der Waals surface area (Å²) < 4.78 is 12.3. The quantitative estimate of drug-likeness (QED) is 0.242. The van der Waals surface area contributed by atoms with Gasteiger partial charge in [-0.2, -0.15) is 0 Å². The Morgan fingerprint density at radius 3 is 1.59 bits per heavy atom. The van der Waals surface area contributed by atoms with Crippen LogP contribution in [0.15, 0.2) is 24.1 Å².